The predicted molar refractivity (Wildman–Crippen MR) is 84.4 cm³/mol. The summed E-state index contributed by atoms with van der Waals surface area (Å²) in [6.45, 7) is 2.99. The van der Waals surface area contributed by atoms with Crippen LogP contribution in [-0.2, 0) is 20.7 Å². The quantitative estimate of drug-likeness (QED) is 0.930. The first-order valence-corrected chi connectivity index (χ1v) is 8.22. The number of amides is 1. The van der Waals surface area contributed by atoms with Gasteiger partial charge >= 0.3 is 0 Å². The third kappa shape index (κ3) is 3.50. The number of hydrogen-bond donors (Lipinski definition) is 1. The summed E-state index contributed by atoms with van der Waals surface area (Å²) in [7, 11) is 0. The average Bonchev–Trinajstić information content (AvgIpc) is 2.98. The fourth-order valence-corrected chi connectivity index (χ4v) is 3.73. The smallest absolute Gasteiger partial charge is 0.217 e. The van der Waals surface area contributed by atoms with Crippen molar-refractivity contribution in [2.45, 2.75) is 56.8 Å². The Labute approximate surface area is 132 Å². The van der Waals surface area contributed by atoms with Crippen molar-refractivity contribution in [3.05, 3.63) is 35.9 Å². The van der Waals surface area contributed by atoms with Gasteiger partial charge in [-0.05, 0) is 31.2 Å². The van der Waals surface area contributed by atoms with Gasteiger partial charge in [0.25, 0.3) is 0 Å². The Morgan fingerprint density at radius 3 is 2.32 bits per heavy atom. The van der Waals surface area contributed by atoms with Gasteiger partial charge in [-0.2, -0.15) is 0 Å². The normalized spacial score (nSPS) is 22.6. The second kappa shape index (κ2) is 6.39. The summed E-state index contributed by atoms with van der Waals surface area (Å²) in [5, 5.41) is 3.22. The van der Waals surface area contributed by atoms with Crippen LogP contribution in [0.15, 0.2) is 30.3 Å². The molecule has 1 aromatic carbocycles. The summed E-state index contributed by atoms with van der Waals surface area (Å²) >= 11 is 0. The highest BCUT2D eigenvalue weighted by atomic mass is 16.7. The Balaban J connectivity index is 1.65. The van der Waals surface area contributed by atoms with Crippen LogP contribution < -0.4 is 5.32 Å². The van der Waals surface area contributed by atoms with Crippen molar-refractivity contribution in [3.8, 4) is 0 Å². The maximum absolute atomic E-state index is 11.7. The Morgan fingerprint density at radius 1 is 1.09 bits per heavy atom. The Kier molecular flexibility index (Phi) is 4.50. The molecule has 3 rings (SSSR count). The van der Waals surface area contributed by atoms with E-state index in [2.05, 4.69) is 29.6 Å². The zero-order valence-corrected chi connectivity index (χ0v) is 13.3. The molecule has 4 nitrogen and oxygen atoms in total. The number of aryl methyl sites for hydroxylation is 1. The molecule has 22 heavy (non-hydrogen) atoms. The lowest BCUT2D eigenvalue weighted by Crippen LogP contribution is -2.53. The predicted octanol–water partition coefficient (Wildman–Crippen LogP) is 2.81. The van der Waals surface area contributed by atoms with Crippen LogP contribution >= 0.6 is 0 Å². The molecule has 1 N–H and O–H groups in total. The fraction of sp³-hybridized carbons (Fsp3) is 0.611. The molecule has 0 aromatic heterocycles. The highest BCUT2D eigenvalue weighted by molar-refractivity contribution is 5.73. The van der Waals surface area contributed by atoms with Gasteiger partial charge in [-0.25, -0.2) is 0 Å². The van der Waals surface area contributed by atoms with E-state index in [4.69, 9.17) is 9.47 Å². The number of hydrogen-bond acceptors (Lipinski definition) is 3. The van der Waals surface area contributed by atoms with Gasteiger partial charge in [0.1, 0.15) is 0 Å². The molecule has 120 valence electrons. The maximum Gasteiger partial charge on any atom is 0.217 e. The van der Waals surface area contributed by atoms with E-state index >= 15 is 0 Å². The van der Waals surface area contributed by atoms with Gasteiger partial charge in [-0.15, -0.1) is 0 Å². The molecular formula is C18H25NO3. The van der Waals surface area contributed by atoms with Crippen LogP contribution in [0.2, 0.25) is 0 Å². The topological polar surface area (TPSA) is 47.6 Å². The van der Waals surface area contributed by atoms with E-state index in [9.17, 15) is 4.79 Å². The summed E-state index contributed by atoms with van der Waals surface area (Å²) in [5.74, 6) is -0.327. The van der Waals surface area contributed by atoms with E-state index in [1.54, 1.807) is 6.92 Å². The third-order valence-electron chi connectivity index (χ3n) is 4.96. The molecule has 0 radical (unpaired) electrons. The molecule has 0 atom stereocenters. The van der Waals surface area contributed by atoms with Crippen molar-refractivity contribution in [1.29, 1.82) is 0 Å². The van der Waals surface area contributed by atoms with Crippen molar-refractivity contribution in [2.24, 2.45) is 0 Å². The van der Waals surface area contributed by atoms with Crippen molar-refractivity contribution in [1.82, 2.24) is 5.32 Å². The number of rotatable bonds is 4. The van der Waals surface area contributed by atoms with Crippen LogP contribution in [0.5, 0.6) is 0 Å². The van der Waals surface area contributed by atoms with E-state index in [0.29, 0.717) is 13.2 Å². The zero-order valence-electron chi connectivity index (χ0n) is 13.3. The molecule has 1 saturated carbocycles. The summed E-state index contributed by atoms with van der Waals surface area (Å²) in [4.78, 5) is 11.7. The molecule has 1 spiro atoms. The Hall–Kier alpha value is -1.39. The molecule has 1 aliphatic heterocycles. The van der Waals surface area contributed by atoms with Crippen LogP contribution in [0.4, 0.5) is 0 Å². The first-order chi connectivity index (χ1) is 10.6. The summed E-state index contributed by atoms with van der Waals surface area (Å²) in [6.07, 6.45) is 5.51. The van der Waals surface area contributed by atoms with E-state index in [1.165, 1.54) is 5.56 Å². The fourth-order valence-electron chi connectivity index (χ4n) is 3.73. The lowest BCUT2D eigenvalue weighted by molar-refractivity contribution is -0.187. The van der Waals surface area contributed by atoms with Gasteiger partial charge in [-0.3, -0.25) is 4.79 Å². The van der Waals surface area contributed by atoms with E-state index in [1.807, 2.05) is 6.07 Å². The highest BCUT2D eigenvalue weighted by Gasteiger charge is 2.46. The largest absolute Gasteiger partial charge is 0.351 e. The monoisotopic (exact) mass is 303 g/mol. The Morgan fingerprint density at radius 2 is 1.73 bits per heavy atom. The lowest BCUT2D eigenvalue weighted by atomic mass is 9.75. The van der Waals surface area contributed by atoms with Crippen LogP contribution in [-0.4, -0.2) is 30.4 Å². The lowest BCUT2D eigenvalue weighted by Gasteiger charge is -2.44. The van der Waals surface area contributed by atoms with Gasteiger partial charge in [0, 0.05) is 25.3 Å². The standard InChI is InChI=1S/C18H25NO3/c1-15(20)19-17(8-7-16-5-3-2-4-6-16)9-11-18(12-10-17)21-13-14-22-18/h2-6H,7-14H2,1H3,(H,19,20). The van der Waals surface area contributed by atoms with Crippen molar-refractivity contribution < 1.29 is 14.3 Å². The molecule has 1 aromatic rings. The number of benzene rings is 1. The summed E-state index contributed by atoms with van der Waals surface area (Å²) in [5.41, 5.74) is 1.20. The average molecular weight is 303 g/mol. The minimum absolute atomic E-state index is 0.0530. The van der Waals surface area contributed by atoms with Crippen LogP contribution in [0.25, 0.3) is 0 Å². The van der Waals surface area contributed by atoms with Gasteiger partial charge in [0.2, 0.25) is 5.91 Å². The minimum Gasteiger partial charge on any atom is -0.351 e. The van der Waals surface area contributed by atoms with Gasteiger partial charge in [0.05, 0.1) is 13.2 Å². The second-order valence-electron chi connectivity index (χ2n) is 6.55. The van der Waals surface area contributed by atoms with Gasteiger partial charge in [0.15, 0.2) is 5.79 Å². The molecule has 0 unspecified atom stereocenters. The highest BCUT2D eigenvalue weighted by Crippen LogP contribution is 2.42. The van der Waals surface area contributed by atoms with Gasteiger partial charge < -0.3 is 14.8 Å². The van der Waals surface area contributed by atoms with E-state index in [-0.39, 0.29) is 17.2 Å². The minimum atomic E-state index is -0.380. The first kappa shape index (κ1) is 15.5. The molecule has 2 aliphatic rings. The van der Waals surface area contributed by atoms with E-state index in [0.717, 1.165) is 38.5 Å². The van der Waals surface area contributed by atoms with Gasteiger partial charge in [-0.1, -0.05) is 30.3 Å². The maximum atomic E-state index is 11.7. The van der Waals surface area contributed by atoms with Crippen molar-refractivity contribution in [2.75, 3.05) is 13.2 Å². The van der Waals surface area contributed by atoms with Crippen LogP contribution in [0.3, 0.4) is 0 Å². The number of carbonyl (C=O) groups excluding carboxylic acids is 1. The summed E-state index contributed by atoms with van der Waals surface area (Å²) in [6, 6.07) is 10.5. The number of carbonyl (C=O) groups is 1. The molecular weight excluding hydrogens is 278 g/mol. The molecule has 1 amide bonds. The van der Waals surface area contributed by atoms with Crippen LogP contribution in [0, 0.1) is 0 Å². The molecule has 0 bridgehead atoms. The molecule has 4 heteroatoms. The summed E-state index contributed by atoms with van der Waals surface area (Å²) < 4.78 is 11.6. The first-order valence-electron chi connectivity index (χ1n) is 8.22. The third-order valence-corrected chi connectivity index (χ3v) is 4.96. The van der Waals surface area contributed by atoms with Crippen LogP contribution in [0.1, 0.15) is 44.6 Å². The molecule has 1 saturated heterocycles. The second-order valence-corrected chi connectivity index (χ2v) is 6.55. The Bertz CT molecular complexity index is 498. The molecule has 1 aliphatic carbocycles. The van der Waals surface area contributed by atoms with Crippen molar-refractivity contribution >= 4 is 5.91 Å². The van der Waals surface area contributed by atoms with Crippen molar-refractivity contribution in [3.63, 3.8) is 0 Å². The number of ether oxygens (including phenoxy) is 2. The SMILES string of the molecule is CC(=O)NC1(CCc2ccccc2)CCC2(CC1)OCCO2. The molecule has 1 heterocycles. The van der Waals surface area contributed by atoms with E-state index < -0.39 is 0 Å². The molecule has 2 fully saturated rings. The number of nitrogens with one attached hydrogen (secondary N) is 1. The zero-order chi connectivity index (χ0) is 15.5.